The number of aryl methyl sites for hydroxylation is 1. The molecule has 0 saturated carbocycles. The number of hydrogen-bond donors (Lipinski definition) is 2. The molecule has 0 spiro atoms. The van der Waals surface area contributed by atoms with Gasteiger partial charge in [-0.25, -0.2) is 0 Å². The van der Waals surface area contributed by atoms with Crippen molar-refractivity contribution < 1.29 is 4.74 Å². The maximum absolute atomic E-state index is 11.2. The van der Waals surface area contributed by atoms with E-state index < -0.39 is 11.1 Å². The van der Waals surface area contributed by atoms with E-state index in [1.54, 1.807) is 7.05 Å². The van der Waals surface area contributed by atoms with Crippen LogP contribution in [0.15, 0.2) is 14.7 Å². The normalized spacial score (nSPS) is 20.6. The van der Waals surface area contributed by atoms with Crippen LogP contribution in [0, 0.1) is 5.92 Å². The van der Waals surface area contributed by atoms with Crippen molar-refractivity contribution in [2.75, 3.05) is 26.0 Å². The highest BCUT2D eigenvalue weighted by atomic mass is 32.2. The second-order valence-corrected chi connectivity index (χ2v) is 5.52. The smallest absolute Gasteiger partial charge is 0.339 e. The van der Waals surface area contributed by atoms with Crippen molar-refractivity contribution in [1.29, 1.82) is 0 Å². The first kappa shape index (κ1) is 14.3. The standard InChI is InChI=1S/C11H18N4O3S/c1-12-8(7-3-4-18-5-7)6-19-11-13-9(16)10(17)14-15(11)2/h7-8,12H,3-6H2,1-2H3,(H,14,17). The molecule has 19 heavy (non-hydrogen) atoms. The average Bonchev–Trinajstić information content (AvgIpc) is 2.90. The van der Waals surface area contributed by atoms with Crippen LogP contribution in [-0.4, -0.2) is 46.8 Å². The molecule has 1 aromatic heterocycles. The average molecular weight is 286 g/mol. The van der Waals surface area contributed by atoms with E-state index in [9.17, 15) is 9.59 Å². The number of hydrogen-bond acceptors (Lipinski definition) is 6. The number of nitrogens with zero attached hydrogens (tertiary/aromatic N) is 2. The molecule has 2 unspecified atom stereocenters. The van der Waals surface area contributed by atoms with Crippen molar-refractivity contribution in [2.45, 2.75) is 17.6 Å². The van der Waals surface area contributed by atoms with Gasteiger partial charge >= 0.3 is 11.1 Å². The van der Waals surface area contributed by atoms with Gasteiger partial charge < -0.3 is 10.1 Å². The molecule has 0 aliphatic carbocycles. The van der Waals surface area contributed by atoms with Gasteiger partial charge in [0.2, 0.25) is 0 Å². The molecule has 0 amide bonds. The van der Waals surface area contributed by atoms with Crippen LogP contribution >= 0.6 is 11.8 Å². The van der Waals surface area contributed by atoms with Gasteiger partial charge in [0.25, 0.3) is 0 Å². The first-order valence-electron chi connectivity index (χ1n) is 6.17. The molecule has 2 heterocycles. The Morgan fingerprint density at radius 1 is 1.63 bits per heavy atom. The molecule has 0 aromatic carbocycles. The Balaban J connectivity index is 2.02. The van der Waals surface area contributed by atoms with Crippen LogP contribution < -0.4 is 16.4 Å². The molecule has 2 atom stereocenters. The maximum Gasteiger partial charge on any atom is 0.339 e. The highest BCUT2D eigenvalue weighted by Gasteiger charge is 2.25. The Labute approximate surface area is 114 Å². The Morgan fingerprint density at radius 3 is 3.05 bits per heavy atom. The van der Waals surface area contributed by atoms with Crippen molar-refractivity contribution >= 4 is 11.8 Å². The van der Waals surface area contributed by atoms with Crippen LogP contribution in [0.5, 0.6) is 0 Å². The summed E-state index contributed by atoms with van der Waals surface area (Å²) < 4.78 is 6.86. The molecule has 7 nitrogen and oxygen atoms in total. The largest absolute Gasteiger partial charge is 0.381 e. The van der Waals surface area contributed by atoms with Gasteiger partial charge in [-0.2, -0.15) is 4.98 Å². The predicted octanol–water partition coefficient (Wildman–Crippen LogP) is -0.815. The van der Waals surface area contributed by atoms with Crippen molar-refractivity contribution in [3.05, 3.63) is 20.7 Å². The molecule has 106 valence electrons. The highest BCUT2D eigenvalue weighted by Crippen LogP contribution is 2.22. The van der Waals surface area contributed by atoms with Crippen molar-refractivity contribution in [3.63, 3.8) is 0 Å². The van der Waals surface area contributed by atoms with Crippen LogP contribution in [0.2, 0.25) is 0 Å². The lowest BCUT2D eigenvalue weighted by atomic mass is 10.0. The lowest BCUT2D eigenvalue weighted by molar-refractivity contribution is 0.179. The number of thioether (sulfide) groups is 1. The topological polar surface area (TPSA) is 89.0 Å². The summed E-state index contributed by atoms with van der Waals surface area (Å²) >= 11 is 1.45. The van der Waals surface area contributed by atoms with Crippen molar-refractivity contribution in [3.8, 4) is 0 Å². The van der Waals surface area contributed by atoms with Crippen molar-refractivity contribution in [1.82, 2.24) is 20.1 Å². The molecule has 1 fully saturated rings. The molecular weight excluding hydrogens is 268 g/mol. The minimum Gasteiger partial charge on any atom is -0.381 e. The second kappa shape index (κ2) is 6.36. The van der Waals surface area contributed by atoms with Gasteiger partial charge in [-0.1, -0.05) is 11.8 Å². The molecule has 1 aliphatic rings. The van der Waals surface area contributed by atoms with Gasteiger partial charge in [0, 0.05) is 31.4 Å². The van der Waals surface area contributed by atoms with Gasteiger partial charge in [0.15, 0.2) is 5.16 Å². The molecule has 2 N–H and O–H groups in total. The van der Waals surface area contributed by atoms with Gasteiger partial charge in [0.05, 0.1) is 6.61 Å². The minimum absolute atomic E-state index is 0.302. The van der Waals surface area contributed by atoms with Gasteiger partial charge in [0.1, 0.15) is 0 Å². The fraction of sp³-hybridized carbons (Fsp3) is 0.727. The van der Waals surface area contributed by atoms with Crippen LogP contribution in [0.1, 0.15) is 6.42 Å². The number of nitrogens with one attached hydrogen (secondary N) is 2. The van der Waals surface area contributed by atoms with E-state index >= 15 is 0 Å². The Bertz CT molecular complexity index is 535. The third-order valence-electron chi connectivity index (χ3n) is 3.24. The summed E-state index contributed by atoms with van der Waals surface area (Å²) in [6.45, 7) is 1.58. The summed E-state index contributed by atoms with van der Waals surface area (Å²) in [5, 5.41) is 6.23. The predicted molar refractivity (Wildman–Crippen MR) is 72.6 cm³/mol. The quantitative estimate of drug-likeness (QED) is 0.543. The lowest BCUT2D eigenvalue weighted by Crippen LogP contribution is -2.37. The number of ether oxygens (including phenoxy) is 1. The van der Waals surface area contributed by atoms with Crippen LogP contribution in [0.3, 0.4) is 0 Å². The zero-order valence-corrected chi connectivity index (χ0v) is 11.8. The molecule has 8 heteroatoms. The zero-order valence-electron chi connectivity index (χ0n) is 11.0. The monoisotopic (exact) mass is 286 g/mol. The summed E-state index contributed by atoms with van der Waals surface area (Å²) in [5.41, 5.74) is -1.44. The Morgan fingerprint density at radius 2 is 2.42 bits per heavy atom. The number of aromatic nitrogens is 3. The van der Waals surface area contributed by atoms with E-state index in [-0.39, 0.29) is 0 Å². The fourth-order valence-electron chi connectivity index (χ4n) is 2.08. The SMILES string of the molecule is CNC(CSc1nc(=O)c(=O)[nH]n1C)C1CCOC1. The molecular formula is C11H18N4O3S. The van der Waals surface area contributed by atoms with Crippen LogP contribution in [0.25, 0.3) is 0 Å². The van der Waals surface area contributed by atoms with E-state index in [0.29, 0.717) is 17.1 Å². The molecule has 1 saturated heterocycles. The van der Waals surface area contributed by atoms with E-state index in [4.69, 9.17) is 4.74 Å². The van der Waals surface area contributed by atoms with Crippen LogP contribution in [-0.2, 0) is 11.8 Å². The van der Waals surface area contributed by atoms with E-state index in [2.05, 4.69) is 15.4 Å². The second-order valence-electron chi connectivity index (χ2n) is 4.53. The number of rotatable bonds is 5. The molecule has 2 rings (SSSR count). The Hall–Kier alpha value is -1.12. The molecule has 0 bridgehead atoms. The number of aromatic amines is 1. The van der Waals surface area contributed by atoms with E-state index in [0.717, 1.165) is 25.4 Å². The van der Waals surface area contributed by atoms with Gasteiger partial charge in [-0.15, -0.1) is 0 Å². The first-order chi connectivity index (χ1) is 9.11. The zero-order chi connectivity index (χ0) is 13.8. The summed E-state index contributed by atoms with van der Waals surface area (Å²) in [4.78, 5) is 26.1. The summed E-state index contributed by atoms with van der Waals surface area (Å²) in [6.07, 6.45) is 1.05. The van der Waals surface area contributed by atoms with Gasteiger partial charge in [-0.3, -0.25) is 19.4 Å². The number of H-pyrrole nitrogens is 1. The summed E-state index contributed by atoms with van der Waals surface area (Å²) in [5.74, 6) is 1.26. The molecule has 1 aliphatic heterocycles. The molecule has 0 radical (unpaired) electrons. The summed E-state index contributed by atoms with van der Waals surface area (Å²) in [6, 6.07) is 0.302. The highest BCUT2D eigenvalue weighted by molar-refractivity contribution is 7.99. The fourth-order valence-corrected chi connectivity index (χ4v) is 3.23. The van der Waals surface area contributed by atoms with Crippen molar-refractivity contribution in [2.24, 2.45) is 13.0 Å². The molecule has 1 aromatic rings. The van der Waals surface area contributed by atoms with Gasteiger partial charge in [-0.05, 0) is 13.5 Å². The van der Waals surface area contributed by atoms with Crippen LogP contribution in [0.4, 0.5) is 0 Å². The summed E-state index contributed by atoms with van der Waals surface area (Å²) in [7, 11) is 3.59. The van der Waals surface area contributed by atoms with E-state index in [1.807, 2.05) is 7.05 Å². The minimum atomic E-state index is -0.745. The third kappa shape index (κ3) is 3.46. The maximum atomic E-state index is 11.2. The Kier molecular flexibility index (Phi) is 4.78. The third-order valence-corrected chi connectivity index (χ3v) is 4.39. The lowest BCUT2D eigenvalue weighted by Gasteiger charge is -2.21. The van der Waals surface area contributed by atoms with E-state index in [1.165, 1.54) is 16.4 Å². The first-order valence-corrected chi connectivity index (χ1v) is 7.15.